The third kappa shape index (κ3) is 2.97. The van der Waals surface area contributed by atoms with Gasteiger partial charge in [0.2, 0.25) is 5.91 Å². The molecule has 0 heterocycles. The van der Waals surface area contributed by atoms with Crippen LogP contribution >= 0.6 is 0 Å². The van der Waals surface area contributed by atoms with Crippen LogP contribution in [0.4, 0.5) is 0 Å². The molecule has 0 fully saturated rings. The van der Waals surface area contributed by atoms with Crippen LogP contribution in [0.3, 0.4) is 0 Å². The number of carboxylic acids is 1. The summed E-state index contributed by atoms with van der Waals surface area (Å²) in [5.74, 6) is -3.26. The highest BCUT2D eigenvalue weighted by Crippen LogP contribution is 2.02. The number of amides is 1. The van der Waals surface area contributed by atoms with Crippen LogP contribution in [0.1, 0.15) is 0 Å². The van der Waals surface area contributed by atoms with Gasteiger partial charge in [-0.1, -0.05) is 0 Å². The fourth-order valence-electron chi connectivity index (χ4n) is 0.639. The topological polar surface area (TPSA) is 161 Å². The summed E-state index contributed by atoms with van der Waals surface area (Å²) in [6.45, 7) is 0. The number of rotatable bonds is 4. The molecule has 0 saturated heterocycles. The van der Waals surface area contributed by atoms with Crippen LogP contribution in [0.25, 0.3) is 0 Å². The van der Waals surface area contributed by atoms with Crippen LogP contribution in [-0.4, -0.2) is 41.2 Å². The molecule has 0 aliphatic rings. The minimum atomic E-state index is -4.89. The Morgan fingerprint density at radius 2 is 1.69 bits per heavy atom. The molecule has 1 amide bonds. The van der Waals surface area contributed by atoms with Crippen molar-refractivity contribution in [1.29, 1.82) is 0 Å². The normalized spacial score (nSPS) is 16.2. The van der Waals surface area contributed by atoms with Gasteiger partial charge in [0, 0.05) is 0 Å². The first-order valence-corrected chi connectivity index (χ1v) is 4.42. The summed E-state index contributed by atoms with van der Waals surface area (Å²) < 4.78 is 29.3. The minimum absolute atomic E-state index is 1.52. The van der Waals surface area contributed by atoms with Gasteiger partial charge in [0.25, 0.3) is 10.1 Å². The number of primary amides is 1. The lowest BCUT2D eigenvalue weighted by molar-refractivity contribution is -0.140. The van der Waals surface area contributed by atoms with E-state index in [2.05, 4.69) is 5.73 Å². The summed E-state index contributed by atoms with van der Waals surface area (Å²) in [6.07, 6.45) is 0. The first-order valence-electron chi connectivity index (χ1n) is 2.92. The van der Waals surface area contributed by atoms with E-state index in [0.717, 1.165) is 0 Å². The highest BCUT2D eigenvalue weighted by molar-refractivity contribution is 7.87. The van der Waals surface area contributed by atoms with E-state index in [4.69, 9.17) is 15.4 Å². The Labute approximate surface area is 73.3 Å². The molecule has 0 aliphatic heterocycles. The monoisotopic (exact) mass is 212 g/mol. The second kappa shape index (κ2) is 3.68. The smallest absolute Gasteiger partial charge is 0.322 e. The van der Waals surface area contributed by atoms with E-state index < -0.39 is 33.3 Å². The molecule has 0 aromatic heterocycles. The Balaban J connectivity index is 5.07. The van der Waals surface area contributed by atoms with Gasteiger partial charge >= 0.3 is 5.97 Å². The number of aliphatic carboxylic acids is 1. The van der Waals surface area contributed by atoms with Gasteiger partial charge in [0.15, 0.2) is 5.25 Å². The van der Waals surface area contributed by atoms with Crippen LogP contribution < -0.4 is 11.5 Å². The van der Waals surface area contributed by atoms with Crippen molar-refractivity contribution in [2.45, 2.75) is 11.3 Å². The molecule has 13 heavy (non-hydrogen) atoms. The molecular weight excluding hydrogens is 204 g/mol. The average molecular weight is 212 g/mol. The van der Waals surface area contributed by atoms with Crippen molar-refractivity contribution in [3.8, 4) is 0 Å². The Hall–Kier alpha value is -1.19. The summed E-state index contributed by atoms with van der Waals surface area (Å²) in [5.41, 5.74) is 9.35. The van der Waals surface area contributed by atoms with E-state index in [0.29, 0.717) is 0 Å². The molecule has 0 rings (SSSR count). The zero-order valence-electron chi connectivity index (χ0n) is 6.25. The Morgan fingerprint density at radius 1 is 1.31 bits per heavy atom. The zero-order valence-corrected chi connectivity index (χ0v) is 7.06. The van der Waals surface area contributed by atoms with Gasteiger partial charge < -0.3 is 16.6 Å². The van der Waals surface area contributed by atoms with Crippen LogP contribution in [0.5, 0.6) is 0 Å². The number of carbonyl (C=O) groups is 2. The van der Waals surface area contributed by atoms with Crippen molar-refractivity contribution in [2.24, 2.45) is 11.5 Å². The van der Waals surface area contributed by atoms with Crippen molar-refractivity contribution in [3.05, 3.63) is 0 Å². The molecule has 0 spiro atoms. The number of carboxylic acid groups (broad SMARTS) is 1. The molecule has 6 N–H and O–H groups in total. The SMILES string of the molecule is NC(=O)[C@H]([C@@H](N)C(=O)O)S(=O)(=O)O. The maximum atomic E-state index is 10.4. The summed E-state index contributed by atoms with van der Waals surface area (Å²) in [4.78, 5) is 20.6. The van der Waals surface area contributed by atoms with Gasteiger partial charge in [-0.25, -0.2) is 0 Å². The molecule has 76 valence electrons. The van der Waals surface area contributed by atoms with Crippen molar-refractivity contribution in [3.63, 3.8) is 0 Å². The molecule has 0 aromatic rings. The average Bonchev–Trinajstić information content (AvgIpc) is 1.82. The van der Waals surface area contributed by atoms with Crippen LogP contribution in [-0.2, 0) is 19.7 Å². The zero-order chi connectivity index (χ0) is 10.8. The molecule has 9 heteroatoms. The number of hydrogen-bond acceptors (Lipinski definition) is 5. The number of nitrogens with two attached hydrogens (primary N) is 2. The third-order valence-corrected chi connectivity index (χ3v) is 2.38. The predicted molar refractivity (Wildman–Crippen MR) is 40.1 cm³/mol. The highest BCUT2D eigenvalue weighted by Gasteiger charge is 2.39. The van der Waals surface area contributed by atoms with Gasteiger partial charge in [-0.15, -0.1) is 0 Å². The predicted octanol–water partition coefficient (Wildman–Crippen LogP) is -2.86. The second-order valence-electron chi connectivity index (χ2n) is 2.20. The molecule has 0 aromatic carbocycles. The standard InChI is InChI=1S/C4H8N2O6S/c5-1(4(8)9)2(3(6)7)13(10,11)12/h1-2H,5H2,(H2,6,7)(H,8,9)(H,10,11,12)/t1-,2+/m1/s1. The van der Waals surface area contributed by atoms with E-state index in [-0.39, 0.29) is 0 Å². The maximum Gasteiger partial charge on any atom is 0.322 e. The molecule has 0 saturated carbocycles. The molecule has 8 nitrogen and oxygen atoms in total. The fourth-order valence-corrected chi connectivity index (χ4v) is 1.42. The van der Waals surface area contributed by atoms with Crippen LogP contribution in [0.2, 0.25) is 0 Å². The van der Waals surface area contributed by atoms with E-state index in [1.807, 2.05) is 0 Å². The lowest BCUT2D eigenvalue weighted by Crippen LogP contribution is -2.52. The third-order valence-electron chi connectivity index (χ3n) is 1.21. The summed E-state index contributed by atoms with van der Waals surface area (Å²) in [7, 11) is -4.89. The minimum Gasteiger partial charge on any atom is -0.480 e. The van der Waals surface area contributed by atoms with E-state index in [9.17, 15) is 18.0 Å². The first kappa shape index (κ1) is 11.8. The summed E-state index contributed by atoms with van der Waals surface area (Å²) >= 11 is 0. The van der Waals surface area contributed by atoms with Gasteiger partial charge in [-0.05, 0) is 0 Å². The van der Waals surface area contributed by atoms with Gasteiger partial charge in [0.1, 0.15) is 6.04 Å². The van der Waals surface area contributed by atoms with Crippen LogP contribution in [0, 0.1) is 0 Å². The summed E-state index contributed by atoms with van der Waals surface area (Å²) in [6, 6.07) is -2.08. The Kier molecular flexibility index (Phi) is 3.34. The van der Waals surface area contributed by atoms with Crippen molar-refractivity contribution in [2.75, 3.05) is 0 Å². The summed E-state index contributed by atoms with van der Waals surface area (Å²) in [5, 5.41) is 5.93. The van der Waals surface area contributed by atoms with Gasteiger partial charge in [0.05, 0.1) is 0 Å². The lowest BCUT2D eigenvalue weighted by atomic mass is 10.2. The van der Waals surface area contributed by atoms with E-state index >= 15 is 0 Å². The lowest BCUT2D eigenvalue weighted by Gasteiger charge is -2.13. The molecule has 0 bridgehead atoms. The molecular formula is C4H8N2O6S. The van der Waals surface area contributed by atoms with E-state index in [1.54, 1.807) is 0 Å². The highest BCUT2D eigenvalue weighted by atomic mass is 32.2. The quantitative estimate of drug-likeness (QED) is 0.364. The van der Waals surface area contributed by atoms with Crippen LogP contribution in [0.15, 0.2) is 0 Å². The number of hydrogen-bond donors (Lipinski definition) is 4. The fraction of sp³-hybridized carbons (Fsp3) is 0.500. The second-order valence-corrected chi connectivity index (χ2v) is 3.74. The van der Waals surface area contributed by atoms with Crippen molar-refractivity contribution in [1.82, 2.24) is 0 Å². The van der Waals surface area contributed by atoms with E-state index in [1.165, 1.54) is 0 Å². The Morgan fingerprint density at radius 3 is 1.77 bits per heavy atom. The molecule has 0 unspecified atom stereocenters. The largest absolute Gasteiger partial charge is 0.480 e. The van der Waals surface area contributed by atoms with Gasteiger partial charge in [-0.2, -0.15) is 8.42 Å². The number of carbonyl (C=O) groups excluding carboxylic acids is 1. The molecule has 2 atom stereocenters. The Bertz CT molecular complexity index is 322. The van der Waals surface area contributed by atoms with Gasteiger partial charge in [-0.3, -0.25) is 14.1 Å². The molecule has 0 radical (unpaired) electrons. The first-order chi connectivity index (χ1) is 5.68. The van der Waals surface area contributed by atoms with Crippen molar-refractivity contribution >= 4 is 22.0 Å². The maximum absolute atomic E-state index is 10.4. The molecule has 0 aliphatic carbocycles. The van der Waals surface area contributed by atoms with Crippen molar-refractivity contribution < 1.29 is 27.7 Å².